The van der Waals surface area contributed by atoms with Crippen LogP contribution in [0.1, 0.15) is 23.7 Å². The largest absolute Gasteiger partial charge is 0.380 e. The third-order valence-electron chi connectivity index (χ3n) is 4.27. The van der Waals surface area contributed by atoms with Gasteiger partial charge >= 0.3 is 0 Å². The summed E-state index contributed by atoms with van der Waals surface area (Å²) in [5.74, 6) is -0.0183. The van der Waals surface area contributed by atoms with E-state index in [1.54, 1.807) is 0 Å². The van der Waals surface area contributed by atoms with Crippen molar-refractivity contribution < 1.29 is 8.42 Å². The van der Waals surface area contributed by atoms with Gasteiger partial charge in [0.25, 0.3) is 0 Å². The van der Waals surface area contributed by atoms with Gasteiger partial charge in [-0.25, -0.2) is 13.1 Å². The van der Waals surface area contributed by atoms with Gasteiger partial charge in [-0.3, -0.25) is 4.98 Å². The number of hydrogen-bond acceptors (Lipinski definition) is 4. The van der Waals surface area contributed by atoms with Crippen molar-refractivity contribution >= 4 is 26.6 Å². The van der Waals surface area contributed by atoms with Gasteiger partial charge in [-0.1, -0.05) is 49.4 Å². The van der Waals surface area contributed by atoms with Crippen LogP contribution in [-0.2, 0) is 28.7 Å². The van der Waals surface area contributed by atoms with Gasteiger partial charge < -0.3 is 5.32 Å². The molecule has 2 N–H and O–H groups in total. The Hall–Kier alpha value is -2.44. The maximum atomic E-state index is 11.7. The molecule has 1 aromatic heterocycles. The second-order valence-corrected chi connectivity index (χ2v) is 8.09. The van der Waals surface area contributed by atoms with Crippen molar-refractivity contribution in [3.8, 4) is 0 Å². The zero-order valence-corrected chi connectivity index (χ0v) is 15.8. The van der Waals surface area contributed by atoms with Gasteiger partial charge in [0.1, 0.15) is 0 Å². The monoisotopic (exact) mass is 369 g/mol. The molecule has 136 valence electrons. The predicted molar refractivity (Wildman–Crippen MR) is 107 cm³/mol. The van der Waals surface area contributed by atoms with Gasteiger partial charge in [-0.2, -0.15) is 0 Å². The van der Waals surface area contributed by atoms with Gasteiger partial charge in [0, 0.05) is 23.3 Å². The van der Waals surface area contributed by atoms with Crippen molar-refractivity contribution in [3.05, 3.63) is 71.4 Å². The molecule has 5 nitrogen and oxygen atoms in total. The van der Waals surface area contributed by atoms with Crippen molar-refractivity contribution in [1.82, 2.24) is 9.71 Å². The van der Waals surface area contributed by atoms with E-state index in [1.165, 1.54) is 7.05 Å². The first-order chi connectivity index (χ1) is 12.5. The van der Waals surface area contributed by atoms with Gasteiger partial charge in [-0.15, -0.1) is 0 Å². The fraction of sp³-hybridized carbons (Fsp3) is 0.250. The SMILES string of the molecule is CCc1cc(NCc2cccc(CS(=O)(=O)NC)c2)c2ccccc2n1. The standard InChI is InChI=1S/C20H23N3O2S/c1-3-17-12-20(18-9-4-5-10-19(18)23-17)22-13-15-7-6-8-16(11-15)14-26(24,25)21-2/h4-12,21H,3,13-14H2,1-2H3,(H,22,23). The molecule has 26 heavy (non-hydrogen) atoms. The number of sulfonamides is 1. The lowest BCUT2D eigenvalue weighted by Crippen LogP contribution is -2.20. The van der Waals surface area contributed by atoms with Crippen LogP contribution in [0.15, 0.2) is 54.6 Å². The van der Waals surface area contributed by atoms with Crippen LogP contribution in [0, 0.1) is 0 Å². The molecule has 0 saturated heterocycles. The summed E-state index contributed by atoms with van der Waals surface area (Å²) in [6.45, 7) is 2.71. The van der Waals surface area contributed by atoms with E-state index in [2.05, 4.69) is 34.1 Å². The number of nitrogens with one attached hydrogen (secondary N) is 2. The summed E-state index contributed by atoms with van der Waals surface area (Å²) >= 11 is 0. The molecule has 1 heterocycles. The molecule has 0 spiro atoms. The first-order valence-corrected chi connectivity index (χ1v) is 10.3. The quantitative estimate of drug-likeness (QED) is 0.669. The van der Waals surface area contributed by atoms with Crippen LogP contribution < -0.4 is 10.0 Å². The van der Waals surface area contributed by atoms with Gasteiger partial charge in [-0.05, 0) is 36.7 Å². The molecule has 2 aromatic carbocycles. The van der Waals surface area contributed by atoms with Crippen LogP contribution in [0.25, 0.3) is 10.9 Å². The zero-order chi connectivity index (χ0) is 18.6. The maximum Gasteiger partial charge on any atom is 0.215 e. The number of benzene rings is 2. The number of aryl methyl sites for hydroxylation is 1. The number of rotatable bonds is 7. The molecule has 3 rings (SSSR count). The summed E-state index contributed by atoms with van der Waals surface area (Å²) in [4.78, 5) is 4.66. The molecule has 0 fully saturated rings. The van der Waals surface area contributed by atoms with Gasteiger partial charge in [0.15, 0.2) is 0 Å². The van der Waals surface area contributed by atoms with E-state index < -0.39 is 10.0 Å². The Kier molecular flexibility index (Phi) is 5.54. The first kappa shape index (κ1) is 18.4. The van der Waals surface area contributed by atoms with E-state index in [0.29, 0.717) is 6.54 Å². The van der Waals surface area contributed by atoms with E-state index in [4.69, 9.17) is 0 Å². The lowest BCUT2D eigenvalue weighted by atomic mass is 10.1. The van der Waals surface area contributed by atoms with E-state index >= 15 is 0 Å². The average Bonchev–Trinajstić information content (AvgIpc) is 2.65. The minimum absolute atomic E-state index is 0.0183. The van der Waals surface area contributed by atoms with E-state index in [-0.39, 0.29) is 5.75 Å². The first-order valence-electron chi connectivity index (χ1n) is 8.62. The topological polar surface area (TPSA) is 71.1 Å². The summed E-state index contributed by atoms with van der Waals surface area (Å²) in [7, 11) is -1.84. The van der Waals surface area contributed by atoms with Crippen LogP contribution in [0.4, 0.5) is 5.69 Å². The molecule has 0 saturated carbocycles. The highest BCUT2D eigenvalue weighted by atomic mass is 32.2. The Morgan fingerprint density at radius 2 is 1.77 bits per heavy atom. The summed E-state index contributed by atoms with van der Waals surface area (Å²) in [5.41, 5.74) is 4.87. The molecule has 0 aliphatic rings. The van der Waals surface area contributed by atoms with Crippen LogP contribution in [0.2, 0.25) is 0 Å². The molecule has 0 aliphatic heterocycles. The van der Waals surface area contributed by atoms with E-state index in [9.17, 15) is 8.42 Å². The highest BCUT2D eigenvalue weighted by molar-refractivity contribution is 7.88. The fourth-order valence-corrected chi connectivity index (χ4v) is 3.64. The van der Waals surface area contributed by atoms with Crippen LogP contribution >= 0.6 is 0 Å². The van der Waals surface area contributed by atoms with E-state index in [1.807, 2.05) is 42.5 Å². The minimum atomic E-state index is -3.27. The smallest absolute Gasteiger partial charge is 0.215 e. The second-order valence-electron chi connectivity index (χ2n) is 6.17. The molecule has 0 atom stereocenters. The van der Waals surface area contributed by atoms with Gasteiger partial charge in [0.05, 0.1) is 11.3 Å². The zero-order valence-electron chi connectivity index (χ0n) is 15.0. The Balaban J connectivity index is 1.82. The molecule has 0 aliphatic carbocycles. The van der Waals surface area contributed by atoms with Crippen molar-refractivity contribution in [2.75, 3.05) is 12.4 Å². The molecule has 0 bridgehead atoms. The number of fused-ring (bicyclic) bond motifs is 1. The Bertz CT molecular complexity index is 1020. The normalized spacial score (nSPS) is 11.6. The molecular weight excluding hydrogens is 346 g/mol. The number of hydrogen-bond donors (Lipinski definition) is 2. The van der Waals surface area contributed by atoms with E-state index in [0.717, 1.165) is 39.8 Å². The highest BCUT2D eigenvalue weighted by Gasteiger charge is 2.09. The molecular formula is C20H23N3O2S. The number of pyridine rings is 1. The lowest BCUT2D eigenvalue weighted by molar-refractivity contribution is 0.587. The maximum absolute atomic E-state index is 11.7. The summed E-state index contributed by atoms with van der Waals surface area (Å²) in [6, 6.07) is 17.8. The summed E-state index contributed by atoms with van der Waals surface area (Å²) in [6.07, 6.45) is 0.872. The molecule has 3 aromatic rings. The summed E-state index contributed by atoms with van der Waals surface area (Å²) in [5, 5.41) is 4.56. The third-order valence-corrected chi connectivity index (χ3v) is 5.61. The minimum Gasteiger partial charge on any atom is -0.380 e. The average molecular weight is 369 g/mol. The number of aromatic nitrogens is 1. The number of anilines is 1. The second kappa shape index (κ2) is 7.85. The van der Waals surface area contributed by atoms with Crippen molar-refractivity contribution in [3.63, 3.8) is 0 Å². The predicted octanol–water partition coefficient (Wildman–Crippen LogP) is 3.46. The van der Waals surface area contributed by atoms with Crippen LogP contribution in [0.5, 0.6) is 0 Å². The van der Waals surface area contributed by atoms with Crippen molar-refractivity contribution in [2.24, 2.45) is 0 Å². The molecule has 0 amide bonds. The summed E-state index contributed by atoms with van der Waals surface area (Å²) < 4.78 is 25.8. The fourth-order valence-electron chi connectivity index (χ4n) is 2.88. The highest BCUT2D eigenvalue weighted by Crippen LogP contribution is 2.24. The van der Waals surface area contributed by atoms with Crippen LogP contribution in [-0.4, -0.2) is 20.4 Å². The third kappa shape index (κ3) is 4.39. The lowest BCUT2D eigenvalue weighted by Gasteiger charge is -2.12. The van der Waals surface area contributed by atoms with Gasteiger partial charge in [0.2, 0.25) is 10.0 Å². The molecule has 0 unspecified atom stereocenters. The molecule has 0 radical (unpaired) electrons. The number of para-hydroxylation sites is 1. The Labute approximate surface area is 154 Å². The van der Waals surface area contributed by atoms with Crippen molar-refractivity contribution in [2.45, 2.75) is 25.6 Å². The Morgan fingerprint density at radius 3 is 2.54 bits per heavy atom. The Morgan fingerprint density at radius 1 is 1.00 bits per heavy atom. The molecule has 6 heteroatoms. The van der Waals surface area contributed by atoms with Crippen LogP contribution in [0.3, 0.4) is 0 Å². The van der Waals surface area contributed by atoms with Crippen molar-refractivity contribution in [1.29, 1.82) is 0 Å². The number of nitrogens with zero attached hydrogens (tertiary/aromatic N) is 1.